The van der Waals surface area contributed by atoms with Gasteiger partial charge in [0, 0.05) is 6.04 Å². The number of nitro groups is 1. The molecule has 1 aromatic rings. The van der Waals surface area contributed by atoms with E-state index in [1.165, 1.54) is 0 Å². The Morgan fingerprint density at radius 1 is 1.44 bits per heavy atom. The second-order valence-corrected chi connectivity index (χ2v) is 4.21. The highest BCUT2D eigenvalue weighted by molar-refractivity contribution is 5.70. The van der Waals surface area contributed by atoms with Crippen LogP contribution in [0.1, 0.15) is 19.3 Å². The van der Waals surface area contributed by atoms with Crippen LogP contribution in [0.15, 0.2) is 12.4 Å². The lowest BCUT2D eigenvalue weighted by Crippen LogP contribution is -2.19. The van der Waals surface area contributed by atoms with E-state index in [1.807, 2.05) is 0 Å². The summed E-state index contributed by atoms with van der Waals surface area (Å²) in [6, 6.07) is 0.00700. The molecule has 1 aliphatic rings. The molecule has 2 rings (SSSR count). The third kappa shape index (κ3) is 2.70. The van der Waals surface area contributed by atoms with E-state index < -0.39 is 10.9 Å². The average molecular weight is 252 g/mol. The SMILES string of the molecule is O=C(O)[C@@H]1CC[C@H](Nc2ncc([N+](=O)[O-])cn2)C1. The molecule has 0 spiro atoms. The standard InChI is InChI=1S/C10H12N4O4/c15-9(16)6-1-2-7(3-6)13-10-11-4-8(5-12-10)14(17)18/h4-7H,1-3H2,(H,15,16)(H,11,12,13)/t6-,7+/m1/s1. The quantitative estimate of drug-likeness (QED) is 0.607. The minimum atomic E-state index is -0.788. The first-order valence-electron chi connectivity index (χ1n) is 5.52. The number of hydrogen-bond acceptors (Lipinski definition) is 6. The largest absolute Gasteiger partial charge is 0.481 e. The molecule has 1 heterocycles. The van der Waals surface area contributed by atoms with Gasteiger partial charge >= 0.3 is 11.7 Å². The van der Waals surface area contributed by atoms with Gasteiger partial charge in [0.15, 0.2) is 0 Å². The number of rotatable bonds is 4. The number of carboxylic acid groups (broad SMARTS) is 1. The van der Waals surface area contributed by atoms with Gasteiger partial charge in [-0.05, 0) is 19.3 Å². The van der Waals surface area contributed by atoms with Crippen LogP contribution in [0.25, 0.3) is 0 Å². The summed E-state index contributed by atoms with van der Waals surface area (Å²) < 4.78 is 0. The van der Waals surface area contributed by atoms with Crippen LogP contribution >= 0.6 is 0 Å². The van der Waals surface area contributed by atoms with Gasteiger partial charge in [-0.2, -0.15) is 0 Å². The second kappa shape index (κ2) is 4.94. The fourth-order valence-electron chi connectivity index (χ4n) is 2.01. The summed E-state index contributed by atoms with van der Waals surface area (Å²) >= 11 is 0. The maximum atomic E-state index is 10.8. The summed E-state index contributed by atoms with van der Waals surface area (Å²) in [5.74, 6) is -0.832. The third-order valence-electron chi connectivity index (χ3n) is 2.96. The van der Waals surface area contributed by atoms with Crippen molar-refractivity contribution in [3.63, 3.8) is 0 Å². The van der Waals surface area contributed by atoms with Gasteiger partial charge in [-0.1, -0.05) is 0 Å². The Balaban J connectivity index is 1.94. The number of nitrogens with one attached hydrogen (secondary N) is 1. The van der Waals surface area contributed by atoms with Crippen molar-refractivity contribution in [3.05, 3.63) is 22.5 Å². The van der Waals surface area contributed by atoms with E-state index in [-0.39, 0.29) is 23.6 Å². The molecule has 1 saturated carbocycles. The van der Waals surface area contributed by atoms with E-state index in [1.54, 1.807) is 0 Å². The molecule has 96 valence electrons. The highest BCUT2D eigenvalue weighted by Crippen LogP contribution is 2.27. The van der Waals surface area contributed by atoms with Gasteiger partial charge in [-0.3, -0.25) is 14.9 Å². The van der Waals surface area contributed by atoms with Crippen LogP contribution in [0.5, 0.6) is 0 Å². The molecule has 0 unspecified atom stereocenters. The van der Waals surface area contributed by atoms with Gasteiger partial charge in [0.1, 0.15) is 12.4 Å². The van der Waals surface area contributed by atoms with Crippen molar-refractivity contribution < 1.29 is 14.8 Å². The lowest BCUT2D eigenvalue weighted by Gasteiger charge is -2.11. The van der Waals surface area contributed by atoms with Crippen LogP contribution in [-0.4, -0.2) is 32.0 Å². The van der Waals surface area contributed by atoms with Gasteiger partial charge in [0.05, 0.1) is 10.8 Å². The minimum Gasteiger partial charge on any atom is -0.481 e. The molecule has 1 aromatic heterocycles. The first-order chi connectivity index (χ1) is 8.56. The van der Waals surface area contributed by atoms with Crippen molar-refractivity contribution in [2.75, 3.05) is 5.32 Å². The van der Waals surface area contributed by atoms with Crippen molar-refractivity contribution in [2.24, 2.45) is 5.92 Å². The van der Waals surface area contributed by atoms with Crippen molar-refractivity contribution in [2.45, 2.75) is 25.3 Å². The molecule has 0 aromatic carbocycles. The minimum absolute atomic E-state index is 0.00700. The lowest BCUT2D eigenvalue weighted by molar-refractivity contribution is -0.385. The predicted octanol–water partition coefficient (Wildman–Crippen LogP) is 1.05. The third-order valence-corrected chi connectivity index (χ3v) is 2.96. The van der Waals surface area contributed by atoms with Crippen molar-refractivity contribution >= 4 is 17.6 Å². The summed E-state index contributed by atoms with van der Waals surface area (Å²) in [5.41, 5.74) is -0.171. The molecule has 2 N–H and O–H groups in total. The number of hydrogen-bond donors (Lipinski definition) is 2. The molecular weight excluding hydrogens is 240 g/mol. The van der Waals surface area contributed by atoms with Crippen LogP contribution in [0.3, 0.4) is 0 Å². The smallest absolute Gasteiger partial charge is 0.306 e. The summed E-state index contributed by atoms with van der Waals surface area (Å²) in [6.07, 6.45) is 4.13. The zero-order valence-corrected chi connectivity index (χ0v) is 9.44. The summed E-state index contributed by atoms with van der Waals surface area (Å²) in [7, 11) is 0. The molecular formula is C10H12N4O4. The Kier molecular flexibility index (Phi) is 3.35. The van der Waals surface area contributed by atoms with Gasteiger partial charge in [0.2, 0.25) is 5.95 Å². The second-order valence-electron chi connectivity index (χ2n) is 4.21. The highest BCUT2D eigenvalue weighted by Gasteiger charge is 2.29. The Hall–Kier alpha value is -2.25. The topological polar surface area (TPSA) is 118 Å². The van der Waals surface area contributed by atoms with E-state index in [2.05, 4.69) is 15.3 Å². The zero-order chi connectivity index (χ0) is 13.1. The molecule has 1 aliphatic carbocycles. The molecule has 0 radical (unpaired) electrons. The first-order valence-corrected chi connectivity index (χ1v) is 5.52. The Morgan fingerprint density at radius 3 is 2.61 bits per heavy atom. The number of nitrogens with zero attached hydrogens (tertiary/aromatic N) is 3. The first kappa shape index (κ1) is 12.2. The van der Waals surface area contributed by atoms with Crippen LogP contribution < -0.4 is 5.32 Å². The van der Waals surface area contributed by atoms with Crippen molar-refractivity contribution in [1.29, 1.82) is 0 Å². The monoisotopic (exact) mass is 252 g/mol. The highest BCUT2D eigenvalue weighted by atomic mass is 16.6. The average Bonchev–Trinajstić information content (AvgIpc) is 2.78. The van der Waals surface area contributed by atoms with Crippen LogP contribution in [-0.2, 0) is 4.79 Å². The molecule has 0 aliphatic heterocycles. The Morgan fingerprint density at radius 2 is 2.11 bits per heavy atom. The Bertz CT molecular complexity index is 461. The van der Waals surface area contributed by atoms with E-state index in [0.29, 0.717) is 12.8 Å². The fraction of sp³-hybridized carbons (Fsp3) is 0.500. The van der Waals surface area contributed by atoms with Crippen molar-refractivity contribution in [1.82, 2.24) is 9.97 Å². The molecule has 0 amide bonds. The van der Waals surface area contributed by atoms with Gasteiger partial charge < -0.3 is 10.4 Å². The number of anilines is 1. The number of aromatic nitrogens is 2. The van der Waals surface area contributed by atoms with E-state index in [4.69, 9.17) is 5.11 Å². The predicted molar refractivity (Wildman–Crippen MR) is 61.1 cm³/mol. The molecule has 18 heavy (non-hydrogen) atoms. The molecule has 8 heteroatoms. The molecule has 0 saturated heterocycles. The summed E-state index contributed by atoms with van der Waals surface area (Å²) in [4.78, 5) is 28.3. The fourth-order valence-corrected chi connectivity index (χ4v) is 2.01. The Labute approximate surface area is 102 Å². The zero-order valence-electron chi connectivity index (χ0n) is 9.44. The normalized spacial score (nSPS) is 22.7. The van der Waals surface area contributed by atoms with Gasteiger partial charge in [-0.15, -0.1) is 0 Å². The molecule has 2 atom stereocenters. The van der Waals surface area contributed by atoms with Gasteiger partial charge in [-0.25, -0.2) is 9.97 Å². The summed E-state index contributed by atoms with van der Waals surface area (Å²) in [5, 5.41) is 22.3. The number of carbonyl (C=O) groups is 1. The maximum absolute atomic E-state index is 10.8. The van der Waals surface area contributed by atoms with E-state index >= 15 is 0 Å². The van der Waals surface area contributed by atoms with E-state index in [0.717, 1.165) is 18.8 Å². The molecule has 1 fully saturated rings. The van der Waals surface area contributed by atoms with Crippen LogP contribution in [0, 0.1) is 16.0 Å². The van der Waals surface area contributed by atoms with Gasteiger partial charge in [0.25, 0.3) is 0 Å². The maximum Gasteiger partial charge on any atom is 0.306 e. The van der Waals surface area contributed by atoms with Crippen LogP contribution in [0.2, 0.25) is 0 Å². The van der Waals surface area contributed by atoms with Crippen molar-refractivity contribution in [3.8, 4) is 0 Å². The lowest BCUT2D eigenvalue weighted by atomic mass is 10.1. The molecule has 0 bridgehead atoms. The van der Waals surface area contributed by atoms with Crippen LogP contribution in [0.4, 0.5) is 11.6 Å². The number of aliphatic carboxylic acids is 1. The summed E-state index contributed by atoms with van der Waals surface area (Å²) in [6.45, 7) is 0. The van der Waals surface area contributed by atoms with E-state index in [9.17, 15) is 14.9 Å². The molecule has 8 nitrogen and oxygen atoms in total. The number of carboxylic acids is 1.